The first-order valence-electron chi connectivity index (χ1n) is 9.91. The van der Waals surface area contributed by atoms with Gasteiger partial charge in [0.1, 0.15) is 5.78 Å². The van der Waals surface area contributed by atoms with Gasteiger partial charge in [0.15, 0.2) is 0 Å². The summed E-state index contributed by atoms with van der Waals surface area (Å²) in [7, 11) is 1.78. The van der Waals surface area contributed by atoms with Crippen molar-refractivity contribution in [2.75, 3.05) is 7.11 Å². The molecule has 4 nitrogen and oxygen atoms in total. The molecule has 0 heterocycles. The Morgan fingerprint density at radius 3 is 2.52 bits per heavy atom. The fourth-order valence-electron chi connectivity index (χ4n) is 6.94. The van der Waals surface area contributed by atoms with Crippen LogP contribution in [0.1, 0.15) is 66.2 Å². The van der Waals surface area contributed by atoms with Gasteiger partial charge in [-0.25, -0.2) is 0 Å². The minimum absolute atomic E-state index is 0.0399. The monoisotopic (exact) mass is 349 g/mol. The van der Waals surface area contributed by atoms with Crippen molar-refractivity contribution >= 4 is 12.0 Å². The van der Waals surface area contributed by atoms with Crippen LogP contribution >= 0.6 is 0 Å². The number of carbonyl (C=O) groups excluding carboxylic acids is 1. The molecule has 3 fully saturated rings. The van der Waals surface area contributed by atoms with E-state index in [9.17, 15) is 9.90 Å². The van der Waals surface area contributed by atoms with Crippen LogP contribution in [0.2, 0.25) is 0 Å². The molecule has 3 rings (SSSR count). The second kappa shape index (κ2) is 6.16. The molecule has 0 aliphatic heterocycles. The number of methoxy groups -OCH3 is 1. The summed E-state index contributed by atoms with van der Waals surface area (Å²) in [6, 6.07) is 0. The maximum Gasteiger partial charge on any atom is 0.142 e. The zero-order chi connectivity index (χ0) is 18.6. The number of ether oxygens (including phenoxy) is 1. The highest BCUT2D eigenvalue weighted by atomic mass is 16.5. The van der Waals surface area contributed by atoms with Crippen molar-refractivity contribution in [2.24, 2.45) is 34.0 Å². The third-order valence-corrected chi connectivity index (χ3v) is 8.73. The number of aliphatic hydroxyl groups is 1. The second-order valence-corrected chi connectivity index (χ2v) is 9.60. The van der Waals surface area contributed by atoms with E-state index in [1.54, 1.807) is 7.11 Å². The molecule has 3 aliphatic carbocycles. The minimum atomic E-state index is -0.637. The third-order valence-electron chi connectivity index (χ3n) is 8.73. The molecule has 0 spiro atoms. The molecule has 0 aromatic heterocycles. The van der Waals surface area contributed by atoms with E-state index in [1.807, 2.05) is 6.92 Å². The molecular weight excluding hydrogens is 314 g/mol. The Morgan fingerprint density at radius 2 is 1.92 bits per heavy atom. The summed E-state index contributed by atoms with van der Waals surface area (Å²) in [6.45, 7) is 8.58. The Hall–Kier alpha value is -0.740. The maximum absolute atomic E-state index is 13.5. The molecule has 0 aromatic carbocycles. The Kier molecular flexibility index (Phi) is 4.69. The molecule has 2 N–H and O–H groups in total. The molecule has 0 saturated heterocycles. The smallest absolute Gasteiger partial charge is 0.142 e. The van der Waals surface area contributed by atoms with Gasteiger partial charge < -0.3 is 15.3 Å². The molecule has 2 bridgehead atoms. The lowest BCUT2D eigenvalue weighted by molar-refractivity contribution is -0.191. The van der Waals surface area contributed by atoms with E-state index in [1.165, 1.54) is 6.21 Å². The Balaban J connectivity index is 2.18. The van der Waals surface area contributed by atoms with Crippen LogP contribution in [-0.2, 0) is 9.53 Å². The van der Waals surface area contributed by atoms with E-state index in [4.69, 9.17) is 10.1 Å². The number of hydrogen-bond donors (Lipinski definition) is 2. The van der Waals surface area contributed by atoms with Gasteiger partial charge in [0.2, 0.25) is 0 Å². The lowest BCUT2D eigenvalue weighted by atomic mass is 9.44. The quantitative estimate of drug-likeness (QED) is 0.760. The van der Waals surface area contributed by atoms with Gasteiger partial charge in [-0.2, -0.15) is 0 Å². The average Bonchev–Trinajstić information content (AvgIpc) is 2.97. The summed E-state index contributed by atoms with van der Waals surface area (Å²) in [6.07, 6.45) is 5.93. The summed E-state index contributed by atoms with van der Waals surface area (Å²) >= 11 is 0. The summed E-state index contributed by atoms with van der Waals surface area (Å²) in [5, 5.41) is 19.0. The van der Waals surface area contributed by atoms with Crippen molar-refractivity contribution in [3.8, 4) is 0 Å². The standard InChI is InChI=1S/C21H35NO3/c1-13-6-8-21-9-7-15(25-5)17(21)20(13,4)16(23)12-19(3,10-11-22)18(24)14(21)2/h11,13-17,22-23H,6-10,12H2,1-5H3/t13-,14+,15-,16-,17?,19-,20+,21?/m1/s1. The number of nitrogens with one attached hydrogen (secondary N) is 1. The number of rotatable bonds is 3. The molecule has 0 amide bonds. The van der Waals surface area contributed by atoms with Crippen molar-refractivity contribution in [1.82, 2.24) is 0 Å². The van der Waals surface area contributed by atoms with Gasteiger partial charge in [-0.05, 0) is 62.0 Å². The minimum Gasteiger partial charge on any atom is -0.393 e. The normalized spacial score (nSPS) is 53.0. The highest BCUT2D eigenvalue weighted by Crippen LogP contribution is 2.68. The summed E-state index contributed by atoms with van der Waals surface area (Å²) < 4.78 is 5.89. The number of hydrogen-bond acceptors (Lipinski definition) is 4. The molecule has 25 heavy (non-hydrogen) atoms. The Morgan fingerprint density at radius 1 is 1.28 bits per heavy atom. The van der Waals surface area contributed by atoms with Crippen LogP contribution in [0.4, 0.5) is 0 Å². The van der Waals surface area contributed by atoms with Crippen LogP contribution in [0.5, 0.6) is 0 Å². The molecule has 3 aliphatic rings. The molecular formula is C21H35NO3. The molecule has 0 radical (unpaired) electrons. The molecule has 2 unspecified atom stereocenters. The summed E-state index contributed by atoms with van der Waals surface area (Å²) in [4.78, 5) is 13.5. The van der Waals surface area contributed by atoms with Gasteiger partial charge in [0.25, 0.3) is 0 Å². The first-order valence-corrected chi connectivity index (χ1v) is 9.91. The van der Waals surface area contributed by atoms with Crippen molar-refractivity contribution in [1.29, 1.82) is 5.41 Å². The third kappa shape index (κ3) is 2.39. The van der Waals surface area contributed by atoms with Crippen LogP contribution < -0.4 is 0 Å². The summed E-state index contributed by atoms with van der Waals surface area (Å²) in [5.41, 5.74) is -0.945. The van der Waals surface area contributed by atoms with Crippen LogP contribution in [0, 0.1) is 39.4 Å². The second-order valence-electron chi connectivity index (χ2n) is 9.60. The number of ketones is 1. The Bertz CT molecular complexity index is 563. The number of aliphatic hydroxyl groups excluding tert-OH is 1. The molecule has 8 atom stereocenters. The van der Waals surface area contributed by atoms with Gasteiger partial charge in [0, 0.05) is 23.9 Å². The number of carbonyl (C=O) groups is 1. The topological polar surface area (TPSA) is 70.4 Å². The average molecular weight is 350 g/mol. The zero-order valence-electron chi connectivity index (χ0n) is 16.5. The van der Waals surface area contributed by atoms with Crippen molar-refractivity contribution < 1.29 is 14.6 Å². The SMILES string of the molecule is CO[C@@H]1CCC23CC[C@@H](C)[C@](C)(C12)[C@H](O)C[C@@](C)(CC=N)C(=O)[C@@H]3C. The Labute approximate surface area is 152 Å². The van der Waals surface area contributed by atoms with Gasteiger partial charge >= 0.3 is 0 Å². The van der Waals surface area contributed by atoms with E-state index in [2.05, 4.69) is 20.8 Å². The fourth-order valence-corrected chi connectivity index (χ4v) is 6.94. The van der Waals surface area contributed by atoms with Crippen molar-refractivity contribution in [3.05, 3.63) is 0 Å². The maximum atomic E-state index is 13.5. The highest BCUT2D eigenvalue weighted by molar-refractivity contribution is 5.89. The van der Waals surface area contributed by atoms with Crippen molar-refractivity contribution in [3.63, 3.8) is 0 Å². The first-order chi connectivity index (χ1) is 11.7. The van der Waals surface area contributed by atoms with Gasteiger partial charge in [0.05, 0.1) is 12.2 Å². The summed E-state index contributed by atoms with van der Waals surface area (Å²) in [5.74, 6) is 0.837. The largest absolute Gasteiger partial charge is 0.393 e. The van der Waals surface area contributed by atoms with Gasteiger partial charge in [-0.1, -0.05) is 27.7 Å². The molecule has 0 aromatic rings. The van der Waals surface area contributed by atoms with Gasteiger partial charge in [-0.3, -0.25) is 4.79 Å². The fraction of sp³-hybridized carbons (Fsp3) is 0.905. The van der Waals surface area contributed by atoms with Crippen LogP contribution in [0.3, 0.4) is 0 Å². The van der Waals surface area contributed by atoms with Gasteiger partial charge in [-0.15, -0.1) is 0 Å². The lowest BCUT2D eigenvalue weighted by Crippen LogP contribution is -2.62. The first kappa shape index (κ1) is 19.0. The predicted octanol–water partition coefficient (Wildman–Crippen LogP) is 3.85. The molecule has 3 saturated carbocycles. The zero-order valence-corrected chi connectivity index (χ0v) is 16.5. The molecule has 142 valence electrons. The van der Waals surface area contributed by atoms with E-state index in [-0.39, 0.29) is 34.6 Å². The highest BCUT2D eigenvalue weighted by Gasteiger charge is 2.67. The van der Waals surface area contributed by atoms with Crippen LogP contribution in [-0.4, -0.2) is 36.4 Å². The van der Waals surface area contributed by atoms with Crippen LogP contribution in [0.25, 0.3) is 0 Å². The van der Waals surface area contributed by atoms with Crippen LogP contribution in [0.15, 0.2) is 0 Å². The van der Waals surface area contributed by atoms with E-state index in [0.717, 1.165) is 25.7 Å². The van der Waals surface area contributed by atoms with Crippen molar-refractivity contribution in [2.45, 2.75) is 78.4 Å². The lowest BCUT2D eigenvalue weighted by Gasteiger charge is -2.61. The van der Waals surface area contributed by atoms with E-state index >= 15 is 0 Å². The number of Topliss-reactive ketones (excluding diaryl/α,β-unsaturated/α-hetero) is 1. The van der Waals surface area contributed by atoms with E-state index in [0.29, 0.717) is 18.8 Å². The van der Waals surface area contributed by atoms with E-state index < -0.39 is 11.5 Å². The predicted molar refractivity (Wildman–Crippen MR) is 98.8 cm³/mol. The molecule has 4 heteroatoms.